The number of carbonyl (C=O) groups is 3. The average Bonchev–Trinajstić information content (AvgIpc) is 2.19. The molecule has 0 aromatic heterocycles. The van der Waals surface area contributed by atoms with Gasteiger partial charge in [-0.3, -0.25) is 9.59 Å². The van der Waals surface area contributed by atoms with E-state index in [0.29, 0.717) is 23.9 Å². The highest BCUT2D eigenvalue weighted by Crippen LogP contribution is 2.19. The Morgan fingerprint density at radius 3 is 0.859 bits per heavy atom. The lowest BCUT2D eigenvalue weighted by Gasteiger charge is -2.26. The Balaban J connectivity index is 3.99. The van der Waals surface area contributed by atoms with E-state index in [1.54, 1.807) is 0 Å². The van der Waals surface area contributed by atoms with Gasteiger partial charge < -0.3 is 33.3 Å². The zero-order chi connectivity index (χ0) is 71.8. The molecule has 0 saturated heterocycles. The Hall–Kier alpha value is -4.05. The number of aliphatic carboxylic acids is 1. The summed E-state index contributed by atoms with van der Waals surface area (Å²) in [5.74, 6) is -2.26. The monoisotopic (exact) mass is 1380 g/mol. The van der Waals surface area contributed by atoms with Gasteiger partial charge in [0.05, 0.1) is 40.3 Å². The standard InChI is InChI=1S/C90H159NO8/c1-6-8-10-12-14-16-18-20-22-24-26-28-30-32-34-36-38-40-42-44-46-48-50-52-54-56-58-60-62-64-66-68-70-72-74-76-78-80-87(92)97-84-86(85-98-90(89(94)95)96-83-82-91(3,4)5)99-88(93)81-79-77-75-73-71-69-67-65-63-61-59-57-55-53-51-49-47-45-43-41-39-37-35-33-31-29-27-25-23-21-19-17-15-13-11-9-7-2/h9,11,15,17-18,20-21,23-24,26-27,29,33,35,39,41,45,47,86,90H,6-8,10,12-14,16,19,22,25,28,30-32,34,36-38,40,42-44,46,48-85H2,1-5H3/b11-9-,17-15-,20-18-,23-21-,26-24-,29-27-,35-33-,41-39-,47-45-. The van der Waals surface area contributed by atoms with Crippen LogP contribution in [0.15, 0.2) is 109 Å². The Morgan fingerprint density at radius 2 is 0.576 bits per heavy atom. The fraction of sp³-hybridized carbons (Fsp3) is 0.767. The zero-order valence-electron chi connectivity index (χ0n) is 65.6. The number of likely N-dealkylation sites (N-methyl/N-ethyl adjacent to an activating group) is 1. The van der Waals surface area contributed by atoms with Crippen molar-refractivity contribution in [2.75, 3.05) is 47.5 Å². The highest BCUT2D eigenvalue weighted by atomic mass is 16.7. The number of hydrogen-bond donors (Lipinski definition) is 0. The number of allylic oxidation sites excluding steroid dienone is 18. The lowest BCUT2D eigenvalue weighted by Crippen LogP contribution is -2.44. The molecule has 2 atom stereocenters. The van der Waals surface area contributed by atoms with E-state index in [2.05, 4.69) is 123 Å². The van der Waals surface area contributed by atoms with E-state index in [9.17, 15) is 19.5 Å². The predicted octanol–water partition coefficient (Wildman–Crippen LogP) is 25.9. The van der Waals surface area contributed by atoms with Gasteiger partial charge in [-0.2, -0.15) is 0 Å². The molecule has 0 aromatic carbocycles. The quantitative estimate of drug-likeness (QED) is 0.0195. The molecule has 0 radical (unpaired) electrons. The summed E-state index contributed by atoms with van der Waals surface area (Å²) in [6.07, 6.45) is 109. The third kappa shape index (κ3) is 81.1. The van der Waals surface area contributed by atoms with E-state index < -0.39 is 24.3 Å². The molecule has 572 valence electrons. The molecule has 0 amide bonds. The van der Waals surface area contributed by atoms with Crippen molar-refractivity contribution in [1.82, 2.24) is 0 Å². The molecule has 0 heterocycles. The van der Waals surface area contributed by atoms with Crippen LogP contribution in [0.3, 0.4) is 0 Å². The molecule has 0 aliphatic rings. The average molecular weight is 1380 g/mol. The van der Waals surface area contributed by atoms with Crippen LogP contribution in [-0.4, -0.2) is 82.3 Å². The minimum atomic E-state index is -1.63. The van der Waals surface area contributed by atoms with Gasteiger partial charge in [-0.15, -0.1) is 0 Å². The molecule has 0 fully saturated rings. The van der Waals surface area contributed by atoms with E-state index >= 15 is 0 Å². The Morgan fingerprint density at radius 1 is 0.313 bits per heavy atom. The summed E-state index contributed by atoms with van der Waals surface area (Å²) >= 11 is 0. The van der Waals surface area contributed by atoms with Gasteiger partial charge in [0.1, 0.15) is 13.2 Å². The van der Waals surface area contributed by atoms with Crippen molar-refractivity contribution in [2.45, 2.75) is 399 Å². The summed E-state index contributed by atoms with van der Waals surface area (Å²) in [4.78, 5) is 37.7. The van der Waals surface area contributed by atoms with E-state index in [4.69, 9.17) is 18.9 Å². The van der Waals surface area contributed by atoms with Crippen LogP contribution in [0.25, 0.3) is 0 Å². The van der Waals surface area contributed by atoms with Gasteiger partial charge in [-0.1, -0.05) is 380 Å². The first-order valence-electron chi connectivity index (χ1n) is 42.0. The number of carboxylic acids is 1. The maximum Gasteiger partial charge on any atom is 0.306 e. The number of nitrogens with zero attached hydrogens (tertiary/aromatic N) is 1. The number of hydrogen-bond acceptors (Lipinski definition) is 8. The molecular formula is C90H159NO8. The van der Waals surface area contributed by atoms with Crippen LogP contribution in [0.1, 0.15) is 386 Å². The second-order valence-corrected chi connectivity index (χ2v) is 29.4. The molecule has 0 aromatic rings. The second-order valence-electron chi connectivity index (χ2n) is 29.4. The van der Waals surface area contributed by atoms with E-state index in [0.717, 1.165) is 89.9 Å². The Kier molecular flexibility index (Phi) is 76.4. The number of quaternary nitrogens is 1. The normalized spacial score (nSPS) is 13.2. The molecule has 0 spiro atoms. The topological polar surface area (TPSA) is 111 Å². The third-order valence-corrected chi connectivity index (χ3v) is 18.5. The van der Waals surface area contributed by atoms with Gasteiger partial charge in [0.2, 0.25) is 0 Å². The largest absolute Gasteiger partial charge is 0.545 e. The maximum absolute atomic E-state index is 13.0. The first-order valence-corrected chi connectivity index (χ1v) is 42.0. The number of carbonyl (C=O) groups excluding carboxylic acids is 3. The SMILES string of the molecule is CC/C=C\C/C=C\C/C=C\C/C=C\C/C=C\C/C=C\C/C=C\CCCCCCCCCCCCCCCCCC(=O)OC(COC(=O)CCCCCCCCCCCCCCCCCCCCCCCCCCC/C=C\C/C=C\CCCCCCC)COC(OCC[N+](C)(C)C)C(=O)[O-]. The number of unbranched alkanes of at least 4 members (excludes halogenated alkanes) is 45. The van der Waals surface area contributed by atoms with E-state index in [1.807, 2.05) is 21.1 Å². The fourth-order valence-electron chi connectivity index (χ4n) is 12.1. The Bertz CT molecular complexity index is 2000. The summed E-state index contributed by atoms with van der Waals surface area (Å²) in [6, 6.07) is 0. The van der Waals surface area contributed by atoms with Crippen LogP contribution >= 0.6 is 0 Å². The van der Waals surface area contributed by atoms with Gasteiger partial charge in [0.25, 0.3) is 0 Å². The van der Waals surface area contributed by atoms with Crippen LogP contribution in [0.2, 0.25) is 0 Å². The van der Waals surface area contributed by atoms with Crippen LogP contribution in [-0.2, 0) is 33.3 Å². The molecule has 0 saturated carbocycles. The van der Waals surface area contributed by atoms with Crippen LogP contribution < -0.4 is 5.11 Å². The first-order chi connectivity index (χ1) is 48.6. The summed E-state index contributed by atoms with van der Waals surface area (Å²) in [6.45, 7) is 4.67. The van der Waals surface area contributed by atoms with Gasteiger partial charge in [0.15, 0.2) is 12.4 Å². The van der Waals surface area contributed by atoms with Crippen LogP contribution in [0.4, 0.5) is 0 Å². The van der Waals surface area contributed by atoms with Crippen molar-refractivity contribution in [1.29, 1.82) is 0 Å². The summed E-state index contributed by atoms with van der Waals surface area (Å²) in [5, 5.41) is 11.9. The Labute approximate surface area is 613 Å². The molecule has 0 aliphatic heterocycles. The fourth-order valence-corrected chi connectivity index (χ4v) is 12.1. The van der Waals surface area contributed by atoms with Crippen LogP contribution in [0.5, 0.6) is 0 Å². The summed E-state index contributed by atoms with van der Waals surface area (Å²) < 4.78 is 22.9. The highest BCUT2D eigenvalue weighted by molar-refractivity contribution is 5.70. The zero-order valence-corrected chi connectivity index (χ0v) is 65.6. The molecule has 99 heavy (non-hydrogen) atoms. The molecule has 0 rings (SSSR count). The molecular weight excluding hydrogens is 1220 g/mol. The number of rotatable bonds is 78. The lowest BCUT2D eigenvalue weighted by molar-refractivity contribution is -0.870. The van der Waals surface area contributed by atoms with E-state index in [-0.39, 0.29) is 32.2 Å². The smallest absolute Gasteiger partial charge is 0.306 e. The lowest BCUT2D eigenvalue weighted by atomic mass is 10.0. The maximum atomic E-state index is 13.0. The van der Waals surface area contributed by atoms with Crippen molar-refractivity contribution in [3.8, 4) is 0 Å². The van der Waals surface area contributed by atoms with Crippen molar-refractivity contribution in [3.05, 3.63) is 109 Å². The van der Waals surface area contributed by atoms with Crippen molar-refractivity contribution in [2.24, 2.45) is 0 Å². The van der Waals surface area contributed by atoms with Crippen molar-refractivity contribution < 1.29 is 42.9 Å². The first kappa shape index (κ1) is 94.9. The minimum Gasteiger partial charge on any atom is -0.545 e. The van der Waals surface area contributed by atoms with Gasteiger partial charge in [-0.25, -0.2) is 0 Å². The summed E-state index contributed by atoms with van der Waals surface area (Å²) in [5.41, 5.74) is 0. The van der Waals surface area contributed by atoms with E-state index in [1.165, 1.54) is 263 Å². The van der Waals surface area contributed by atoms with Crippen molar-refractivity contribution >= 4 is 17.9 Å². The predicted molar refractivity (Wildman–Crippen MR) is 426 cm³/mol. The third-order valence-electron chi connectivity index (χ3n) is 18.5. The molecule has 0 N–H and O–H groups in total. The number of ether oxygens (including phenoxy) is 4. The van der Waals surface area contributed by atoms with Crippen molar-refractivity contribution in [3.63, 3.8) is 0 Å². The van der Waals surface area contributed by atoms with Crippen LogP contribution in [0, 0.1) is 0 Å². The highest BCUT2D eigenvalue weighted by Gasteiger charge is 2.22. The molecule has 0 bridgehead atoms. The second kappa shape index (κ2) is 79.6. The summed E-state index contributed by atoms with van der Waals surface area (Å²) in [7, 11) is 5.95. The molecule has 0 aliphatic carbocycles. The molecule has 9 nitrogen and oxygen atoms in total. The minimum absolute atomic E-state index is 0.147. The molecule has 2 unspecified atom stereocenters. The molecule has 9 heteroatoms. The number of esters is 2. The van der Waals surface area contributed by atoms with Gasteiger partial charge in [-0.05, 0) is 103 Å². The van der Waals surface area contributed by atoms with Gasteiger partial charge >= 0.3 is 11.9 Å². The number of carboxylic acid groups (broad SMARTS) is 1. The van der Waals surface area contributed by atoms with Gasteiger partial charge in [0, 0.05) is 12.8 Å².